The van der Waals surface area contributed by atoms with Gasteiger partial charge in [0.25, 0.3) is 0 Å². The zero-order valence-electron chi connectivity index (χ0n) is 21.4. The SMILES string of the molecule is COC(=O)C1=CN2CCc3c([nH]c4ccccc34)[C@]2(C)[C@H]2CN3CCc4c([nH]c5ccccc45)[C@@H]3C[C@H]12. The Balaban J connectivity index is 1.28. The van der Waals surface area contributed by atoms with Gasteiger partial charge < -0.3 is 19.6 Å². The lowest BCUT2D eigenvalue weighted by Crippen LogP contribution is -2.62. The quantitative estimate of drug-likeness (QED) is 0.366. The number of hydrogen-bond acceptors (Lipinski definition) is 4. The second-order valence-corrected chi connectivity index (χ2v) is 11.5. The Bertz CT molecular complexity index is 1610. The minimum Gasteiger partial charge on any atom is -0.466 e. The average molecular weight is 493 g/mol. The molecule has 6 heteroatoms. The van der Waals surface area contributed by atoms with Crippen LogP contribution in [-0.4, -0.2) is 52.5 Å². The van der Waals surface area contributed by atoms with Gasteiger partial charge in [0.2, 0.25) is 0 Å². The van der Waals surface area contributed by atoms with Gasteiger partial charge in [0, 0.05) is 70.9 Å². The number of carbonyl (C=O) groups excluding carboxylic acids is 1. The number of nitrogens with zero attached hydrogens (tertiary/aromatic N) is 2. The average Bonchev–Trinajstić information content (AvgIpc) is 3.51. The fraction of sp³-hybridized carbons (Fsp3) is 0.387. The number of ether oxygens (including phenoxy) is 1. The number of rotatable bonds is 1. The van der Waals surface area contributed by atoms with Crippen LogP contribution in [0.4, 0.5) is 0 Å². The maximum atomic E-state index is 13.2. The molecule has 0 aliphatic carbocycles. The highest BCUT2D eigenvalue weighted by Crippen LogP contribution is 2.56. The molecule has 1 saturated heterocycles. The van der Waals surface area contributed by atoms with Gasteiger partial charge >= 0.3 is 5.97 Å². The van der Waals surface area contributed by atoms with Crippen LogP contribution in [-0.2, 0) is 27.9 Å². The molecule has 4 aliphatic rings. The lowest BCUT2D eigenvalue weighted by atomic mass is 9.62. The minimum atomic E-state index is -0.208. The molecule has 2 N–H and O–H groups in total. The Morgan fingerprint density at radius 3 is 2.46 bits per heavy atom. The third kappa shape index (κ3) is 2.77. The van der Waals surface area contributed by atoms with Crippen LogP contribution in [0.25, 0.3) is 21.8 Å². The first-order valence-electron chi connectivity index (χ1n) is 13.6. The lowest BCUT2D eigenvalue weighted by molar-refractivity contribution is -0.139. The monoisotopic (exact) mass is 492 g/mol. The van der Waals surface area contributed by atoms with Crippen LogP contribution in [0.5, 0.6) is 0 Å². The van der Waals surface area contributed by atoms with E-state index in [4.69, 9.17) is 4.74 Å². The molecule has 4 aliphatic heterocycles. The predicted octanol–water partition coefficient (Wildman–Crippen LogP) is 5.03. The van der Waals surface area contributed by atoms with Crippen molar-refractivity contribution in [3.8, 4) is 0 Å². The number of esters is 1. The fourth-order valence-corrected chi connectivity index (χ4v) is 8.23. The first kappa shape index (κ1) is 21.6. The van der Waals surface area contributed by atoms with Crippen molar-refractivity contribution < 1.29 is 9.53 Å². The number of aromatic nitrogens is 2. The molecule has 188 valence electrons. The Morgan fingerprint density at radius 1 is 0.973 bits per heavy atom. The van der Waals surface area contributed by atoms with E-state index in [0.29, 0.717) is 0 Å². The van der Waals surface area contributed by atoms with Crippen molar-refractivity contribution in [3.05, 3.63) is 82.8 Å². The van der Waals surface area contributed by atoms with E-state index in [1.54, 1.807) is 0 Å². The zero-order chi connectivity index (χ0) is 24.9. The number of methoxy groups -OCH3 is 1. The van der Waals surface area contributed by atoms with E-state index in [1.807, 2.05) is 0 Å². The van der Waals surface area contributed by atoms with Gasteiger partial charge in [-0.1, -0.05) is 36.4 Å². The number of aromatic amines is 2. The number of para-hydroxylation sites is 2. The standard InChI is InChI=1S/C31H32N4O2/c1-31-24-17-34-13-11-20-18-7-3-5-9-25(18)32-28(20)27(34)15-22(24)23(30(36)37-2)16-35(31)14-12-21-19-8-4-6-10-26(19)33-29(21)31/h3-10,16,22,24,27,32-33H,11-15,17H2,1-2H3/t22-,24+,27+,31+/m1/s1. The highest BCUT2D eigenvalue weighted by molar-refractivity contribution is 5.90. The summed E-state index contributed by atoms with van der Waals surface area (Å²) >= 11 is 0. The maximum absolute atomic E-state index is 13.2. The largest absolute Gasteiger partial charge is 0.466 e. The summed E-state index contributed by atoms with van der Waals surface area (Å²) in [5.74, 6) is 0.228. The second-order valence-electron chi connectivity index (χ2n) is 11.5. The Labute approximate surface area is 216 Å². The summed E-state index contributed by atoms with van der Waals surface area (Å²) in [7, 11) is 1.52. The van der Waals surface area contributed by atoms with Crippen molar-refractivity contribution in [1.29, 1.82) is 0 Å². The smallest absolute Gasteiger partial charge is 0.335 e. The van der Waals surface area contributed by atoms with Gasteiger partial charge in [0.15, 0.2) is 0 Å². The molecule has 37 heavy (non-hydrogen) atoms. The number of carbonyl (C=O) groups is 1. The lowest BCUT2D eigenvalue weighted by Gasteiger charge is -2.59. The molecule has 0 saturated carbocycles. The molecular weight excluding hydrogens is 460 g/mol. The first-order chi connectivity index (χ1) is 18.1. The Hall–Kier alpha value is -3.51. The highest BCUT2D eigenvalue weighted by atomic mass is 16.5. The predicted molar refractivity (Wildman–Crippen MR) is 144 cm³/mol. The number of hydrogen-bond donors (Lipinski definition) is 2. The van der Waals surface area contributed by atoms with E-state index in [9.17, 15) is 4.79 Å². The number of benzene rings is 2. The third-order valence-corrected chi connectivity index (χ3v) is 10.0. The summed E-state index contributed by atoms with van der Waals surface area (Å²) < 4.78 is 5.36. The van der Waals surface area contributed by atoms with E-state index in [1.165, 1.54) is 51.4 Å². The van der Waals surface area contributed by atoms with Crippen molar-refractivity contribution >= 4 is 27.8 Å². The summed E-state index contributed by atoms with van der Waals surface area (Å²) in [5.41, 5.74) is 8.64. The molecule has 2 aromatic heterocycles. The molecule has 0 amide bonds. The molecule has 0 spiro atoms. The summed E-state index contributed by atoms with van der Waals surface area (Å²) in [5, 5.41) is 2.69. The minimum absolute atomic E-state index is 0.129. The Kier molecular flexibility index (Phi) is 4.38. The number of H-pyrrole nitrogens is 2. The van der Waals surface area contributed by atoms with Gasteiger partial charge in [-0.15, -0.1) is 0 Å². The van der Waals surface area contributed by atoms with Crippen molar-refractivity contribution in [1.82, 2.24) is 19.8 Å². The van der Waals surface area contributed by atoms with Gasteiger partial charge in [0.05, 0.1) is 24.3 Å². The van der Waals surface area contributed by atoms with Crippen molar-refractivity contribution in [3.63, 3.8) is 0 Å². The van der Waals surface area contributed by atoms with Gasteiger partial charge in [-0.2, -0.15) is 0 Å². The summed E-state index contributed by atoms with van der Waals surface area (Å²) in [6.07, 6.45) is 5.10. The molecule has 4 aromatic rings. The van der Waals surface area contributed by atoms with Crippen molar-refractivity contribution in [2.45, 2.75) is 37.8 Å². The van der Waals surface area contributed by atoms with E-state index in [2.05, 4.69) is 81.4 Å². The van der Waals surface area contributed by atoms with Crippen molar-refractivity contribution in [2.75, 3.05) is 26.7 Å². The van der Waals surface area contributed by atoms with Gasteiger partial charge in [-0.3, -0.25) is 4.90 Å². The molecule has 0 bridgehead atoms. The maximum Gasteiger partial charge on any atom is 0.335 e. The van der Waals surface area contributed by atoms with E-state index in [-0.39, 0.29) is 29.4 Å². The highest BCUT2D eigenvalue weighted by Gasteiger charge is 2.56. The second kappa shape index (κ2) is 7.51. The van der Waals surface area contributed by atoms with E-state index < -0.39 is 0 Å². The summed E-state index contributed by atoms with van der Waals surface area (Å²) in [4.78, 5) is 25.9. The van der Waals surface area contributed by atoms with Crippen LogP contribution in [0.3, 0.4) is 0 Å². The number of nitrogens with one attached hydrogen (secondary N) is 2. The first-order valence-corrected chi connectivity index (χ1v) is 13.6. The Morgan fingerprint density at radius 2 is 1.68 bits per heavy atom. The summed E-state index contributed by atoms with van der Waals surface area (Å²) in [6, 6.07) is 17.6. The van der Waals surface area contributed by atoms with Crippen LogP contribution in [0, 0.1) is 11.8 Å². The molecule has 2 aromatic carbocycles. The molecule has 6 nitrogen and oxygen atoms in total. The van der Waals surface area contributed by atoms with E-state index >= 15 is 0 Å². The molecule has 0 radical (unpaired) electrons. The van der Waals surface area contributed by atoms with E-state index in [0.717, 1.165) is 44.5 Å². The third-order valence-electron chi connectivity index (χ3n) is 10.0. The molecule has 1 fully saturated rings. The van der Waals surface area contributed by atoms with Crippen LogP contribution >= 0.6 is 0 Å². The van der Waals surface area contributed by atoms with Gasteiger partial charge in [-0.25, -0.2) is 4.79 Å². The topological polar surface area (TPSA) is 64.4 Å². The number of piperidine rings is 1. The van der Waals surface area contributed by atoms with Gasteiger partial charge in [-0.05, 0) is 49.4 Å². The molecular formula is C31H32N4O2. The molecule has 0 unspecified atom stereocenters. The fourth-order valence-electron chi connectivity index (χ4n) is 8.23. The van der Waals surface area contributed by atoms with Crippen LogP contribution in [0.1, 0.15) is 41.9 Å². The molecule has 6 heterocycles. The number of fused-ring (bicyclic) bond motifs is 12. The van der Waals surface area contributed by atoms with Crippen LogP contribution < -0.4 is 0 Å². The summed E-state index contributed by atoms with van der Waals surface area (Å²) in [6.45, 7) is 5.32. The van der Waals surface area contributed by atoms with Gasteiger partial charge in [0.1, 0.15) is 0 Å². The normalized spacial score (nSPS) is 28.6. The molecule has 8 rings (SSSR count). The van der Waals surface area contributed by atoms with Crippen molar-refractivity contribution in [2.24, 2.45) is 11.8 Å². The molecule has 4 atom stereocenters. The zero-order valence-corrected chi connectivity index (χ0v) is 21.4. The van der Waals surface area contributed by atoms with Crippen LogP contribution in [0.15, 0.2) is 60.3 Å². The van der Waals surface area contributed by atoms with Crippen LogP contribution in [0.2, 0.25) is 0 Å².